The summed E-state index contributed by atoms with van der Waals surface area (Å²) in [6.45, 7) is 3.98. The van der Waals surface area contributed by atoms with Gasteiger partial charge in [0, 0.05) is 11.8 Å². The summed E-state index contributed by atoms with van der Waals surface area (Å²) in [7, 11) is 0. The van der Waals surface area contributed by atoms with Crippen molar-refractivity contribution >= 4 is 5.69 Å². The second-order valence-corrected chi connectivity index (χ2v) is 4.81. The van der Waals surface area contributed by atoms with Crippen LogP contribution in [0.3, 0.4) is 0 Å². The van der Waals surface area contributed by atoms with E-state index in [1.54, 1.807) is 24.3 Å². The maximum atomic E-state index is 13.7. The first-order chi connectivity index (χ1) is 9.51. The summed E-state index contributed by atoms with van der Waals surface area (Å²) in [5.74, 6) is 0.278. The second kappa shape index (κ2) is 5.62. The minimum atomic E-state index is -0.513. The van der Waals surface area contributed by atoms with Crippen LogP contribution in [0.1, 0.15) is 30.9 Å². The van der Waals surface area contributed by atoms with Crippen molar-refractivity contribution in [2.75, 3.05) is 5.73 Å². The highest BCUT2D eigenvalue weighted by Crippen LogP contribution is 2.29. The highest BCUT2D eigenvalue weighted by Gasteiger charge is 2.10. The molecule has 0 unspecified atom stereocenters. The SMILES string of the molecule is CC(C)c1cc(Oc2ccc(N)cc2F)ccc1C#N. The van der Waals surface area contributed by atoms with E-state index in [4.69, 9.17) is 15.7 Å². The van der Waals surface area contributed by atoms with Gasteiger partial charge < -0.3 is 10.5 Å². The number of anilines is 1. The van der Waals surface area contributed by atoms with Crippen LogP contribution in [0.4, 0.5) is 10.1 Å². The van der Waals surface area contributed by atoms with E-state index in [2.05, 4.69) is 6.07 Å². The van der Waals surface area contributed by atoms with Gasteiger partial charge in [0.25, 0.3) is 0 Å². The second-order valence-electron chi connectivity index (χ2n) is 4.81. The summed E-state index contributed by atoms with van der Waals surface area (Å²) >= 11 is 0. The third kappa shape index (κ3) is 2.89. The molecule has 0 radical (unpaired) electrons. The van der Waals surface area contributed by atoms with E-state index >= 15 is 0 Å². The Balaban J connectivity index is 2.35. The molecule has 0 bridgehead atoms. The Morgan fingerprint density at radius 3 is 2.55 bits per heavy atom. The maximum Gasteiger partial charge on any atom is 0.167 e. The molecule has 2 rings (SSSR count). The van der Waals surface area contributed by atoms with Crippen LogP contribution in [0.5, 0.6) is 11.5 Å². The molecule has 20 heavy (non-hydrogen) atoms. The maximum absolute atomic E-state index is 13.7. The van der Waals surface area contributed by atoms with Crippen LogP contribution in [0.25, 0.3) is 0 Å². The van der Waals surface area contributed by atoms with Gasteiger partial charge in [0.2, 0.25) is 0 Å². The molecule has 2 aromatic rings. The molecule has 2 N–H and O–H groups in total. The summed E-state index contributed by atoms with van der Waals surface area (Å²) in [6.07, 6.45) is 0. The average molecular weight is 270 g/mol. The van der Waals surface area contributed by atoms with E-state index in [9.17, 15) is 4.39 Å². The lowest BCUT2D eigenvalue weighted by atomic mass is 9.98. The van der Waals surface area contributed by atoms with Gasteiger partial charge in [0.05, 0.1) is 11.6 Å². The molecular weight excluding hydrogens is 255 g/mol. The first-order valence-corrected chi connectivity index (χ1v) is 6.28. The monoisotopic (exact) mass is 270 g/mol. The van der Waals surface area contributed by atoms with Gasteiger partial charge in [0.15, 0.2) is 11.6 Å². The summed E-state index contributed by atoms with van der Waals surface area (Å²) < 4.78 is 19.2. The van der Waals surface area contributed by atoms with Crippen LogP contribution in [-0.4, -0.2) is 0 Å². The predicted molar refractivity (Wildman–Crippen MR) is 76.1 cm³/mol. The van der Waals surface area contributed by atoms with Crippen LogP contribution in [-0.2, 0) is 0 Å². The van der Waals surface area contributed by atoms with Crippen LogP contribution in [0.15, 0.2) is 36.4 Å². The summed E-state index contributed by atoms with van der Waals surface area (Å²) in [6, 6.07) is 11.5. The zero-order valence-corrected chi connectivity index (χ0v) is 11.4. The standard InChI is InChI=1S/C16H15FN2O/c1-10(2)14-8-13(5-3-11(14)9-18)20-16-6-4-12(19)7-15(16)17/h3-8,10H,19H2,1-2H3. The van der Waals surface area contributed by atoms with Gasteiger partial charge >= 0.3 is 0 Å². The normalized spacial score (nSPS) is 10.3. The molecule has 0 aromatic heterocycles. The first-order valence-electron chi connectivity index (χ1n) is 6.28. The highest BCUT2D eigenvalue weighted by atomic mass is 19.1. The number of rotatable bonds is 3. The first kappa shape index (κ1) is 13.9. The summed E-state index contributed by atoms with van der Waals surface area (Å²) in [5, 5.41) is 9.06. The molecule has 0 aliphatic carbocycles. The quantitative estimate of drug-likeness (QED) is 0.850. The Hall–Kier alpha value is -2.54. The molecule has 0 saturated heterocycles. The molecule has 0 spiro atoms. The van der Waals surface area contributed by atoms with Crippen molar-refractivity contribution in [3.05, 3.63) is 53.3 Å². The van der Waals surface area contributed by atoms with Crippen LogP contribution >= 0.6 is 0 Å². The van der Waals surface area contributed by atoms with Crippen molar-refractivity contribution in [2.45, 2.75) is 19.8 Å². The van der Waals surface area contributed by atoms with Crippen molar-refractivity contribution in [1.29, 1.82) is 5.26 Å². The molecule has 3 nitrogen and oxygen atoms in total. The minimum Gasteiger partial charge on any atom is -0.454 e. The zero-order valence-electron chi connectivity index (χ0n) is 11.4. The number of nitrogens with zero attached hydrogens (tertiary/aromatic N) is 1. The lowest BCUT2D eigenvalue weighted by Crippen LogP contribution is -1.95. The number of nitrogens with two attached hydrogens (primary N) is 1. The zero-order chi connectivity index (χ0) is 14.7. The van der Waals surface area contributed by atoms with E-state index in [-0.39, 0.29) is 11.7 Å². The molecule has 0 saturated carbocycles. The van der Waals surface area contributed by atoms with Gasteiger partial charge in [-0.1, -0.05) is 13.8 Å². The van der Waals surface area contributed by atoms with Crippen molar-refractivity contribution in [3.63, 3.8) is 0 Å². The van der Waals surface area contributed by atoms with E-state index in [1.165, 1.54) is 12.1 Å². The molecule has 102 valence electrons. The Morgan fingerprint density at radius 1 is 1.20 bits per heavy atom. The fraction of sp³-hybridized carbons (Fsp3) is 0.188. The van der Waals surface area contributed by atoms with Crippen molar-refractivity contribution in [1.82, 2.24) is 0 Å². The number of hydrogen-bond donors (Lipinski definition) is 1. The van der Waals surface area contributed by atoms with E-state index in [0.717, 1.165) is 5.56 Å². The van der Waals surface area contributed by atoms with Crippen LogP contribution < -0.4 is 10.5 Å². The third-order valence-corrected chi connectivity index (χ3v) is 2.95. The van der Waals surface area contributed by atoms with Gasteiger partial charge in [-0.2, -0.15) is 5.26 Å². The van der Waals surface area contributed by atoms with E-state index in [1.807, 2.05) is 13.8 Å². The van der Waals surface area contributed by atoms with Crippen LogP contribution in [0, 0.1) is 17.1 Å². The number of hydrogen-bond acceptors (Lipinski definition) is 3. The lowest BCUT2D eigenvalue weighted by Gasteiger charge is -2.12. The molecule has 0 heterocycles. The molecule has 0 amide bonds. The molecular formula is C16H15FN2O. The van der Waals surface area contributed by atoms with E-state index in [0.29, 0.717) is 17.0 Å². The molecule has 0 fully saturated rings. The van der Waals surface area contributed by atoms with Gasteiger partial charge in [-0.05, 0) is 41.8 Å². The fourth-order valence-corrected chi connectivity index (χ4v) is 1.91. The smallest absolute Gasteiger partial charge is 0.167 e. The summed E-state index contributed by atoms with van der Waals surface area (Å²) in [5.41, 5.74) is 7.31. The fourth-order valence-electron chi connectivity index (χ4n) is 1.91. The number of ether oxygens (including phenoxy) is 1. The lowest BCUT2D eigenvalue weighted by molar-refractivity contribution is 0.442. The van der Waals surface area contributed by atoms with Gasteiger partial charge in [-0.3, -0.25) is 0 Å². The molecule has 0 aliphatic rings. The molecule has 0 aliphatic heterocycles. The predicted octanol–water partition coefficient (Wildman–Crippen LogP) is 4.20. The number of nitrogen functional groups attached to an aromatic ring is 1. The Bertz CT molecular complexity index is 675. The van der Waals surface area contributed by atoms with Gasteiger partial charge in [-0.15, -0.1) is 0 Å². The largest absolute Gasteiger partial charge is 0.454 e. The topological polar surface area (TPSA) is 59.0 Å². The number of benzene rings is 2. The molecule has 0 atom stereocenters. The van der Waals surface area contributed by atoms with Crippen LogP contribution in [0.2, 0.25) is 0 Å². The molecule has 2 aromatic carbocycles. The Kier molecular flexibility index (Phi) is 3.90. The Morgan fingerprint density at radius 2 is 1.95 bits per heavy atom. The van der Waals surface area contributed by atoms with E-state index < -0.39 is 5.82 Å². The van der Waals surface area contributed by atoms with Gasteiger partial charge in [0.1, 0.15) is 5.75 Å². The third-order valence-electron chi connectivity index (χ3n) is 2.95. The number of halogens is 1. The highest BCUT2D eigenvalue weighted by molar-refractivity contribution is 5.47. The van der Waals surface area contributed by atoms with Crippen molar-refractivity contribution in [2.24, 2.45) is 0 Å². The number of nitriles is 1. The summed E-state index contributed by atoms with van der Waals surface area (Å²) in [4.78, 5) is 0. The van der Waals surface area contributed by atoms with Gasteiger partial charge in [-0.25, -0.2) is 4.39 Å². The Labute approximate surface area is 117 Å². The average Bonchev–Trinajstić information content (AvgIpc) is 2.41. The minimum absolute atomic E-state index is 0.110. The molecule has 4 heteroatoms. The van der Waals surface area contributed by atoms with Crippen molar-refractivity contribution < 1.29 is 9.13 Å². The van der Waals surface area contributed by atoms with Crippen molar-refractivity contribution in [3.8, 4) is 17.6 Å².